The third-order valence-corrected chi connectivity index (χ3v) is 6.13. The maximum atomic E-state index is 12.2. The van der Waals surface area contributed by atoms with Crippen LogP contribution >= 0.6 is 11.3 Å². The number of nitro benzene ring substituents is 1. The summed E-state index contributed by atoms with van der Waals surface area (Å²) < 4.78 is 0. The van der Waals surface area contributed by atoms with Gasteiger partial charge in [-0.25, -0.2) is 0 Å². The van der Waals surface area contributed by atoms with Gasteiger partial charge in [0.2, 0.25) is 0 Å². The lowest BCUT2D eigenvalue weighted by molar-refractivity contribution is -0.384. The third kappa shape index (κ3) is 4.56. The molecule has 1 aliphatic heterocycles. The van der Waals surface area contributed by atoms with Crippen molar-refractivity contribution in [2.45, 2.75) is 37.8 Å². The number of amides is 2. The standard InChI is InChI=1S/C20H22N4O4S/c25-19(21-14-4-5-14)13-3-6-16(17(12-13)24(27)28)23-9-7-15(8-10-23)22-20(26)18-2-1-11-29-18/h1-3,6,11-12,14-15H,4-5,7-10H2,(H,21,25)(H,22,26). The molecule has 0 spiro atoms. The number of carbonyl (C=O) groups is 2. The van der Waals surface area contributed by atoms with Gasteiger partial charge in [0, 0.05) is 36.8 Å². The number of thiophene rings is 1. The lowest BCUT2D eigenvalue weighted by Crippen LogP contribution is -2.44. The molecule has 0 radical (unpaired) electrons. The minimum Gasteiger partial charge on any atom is -0.366 e. The molecule has 2 aromatic rings. The number of anilines is 1. The lowest BCUT2D eigenvalue weighted by atomic mass is 10.0. The second kappa shape index (κ2) is 8.20. The van der Waals surface area contributed by atoms with Crippen molar-refractivity contribution in [1.29, 1.82) is 0 Å². The first kappa shape index (κ1) is 19.4. The zero-order chi connectivity index (χ0) is 20.4. The van der Waals surface area contributed by atoms with E-state index >= 15 is 0 Å². The van der Waals surface area contributed by atoms with E-state index in [1.807, 2.05) is 16.3 Å². The van der Waals surface area contributed by atoms with E-state index in [4.69, 9.17) is 0 Å². The summed E-state index contributed by atoms with van der Waals surface area (Å²) in [6.45, 7) is 1.20. The third-order valence-electron chi connectivity index (χ3n) is 5.26. The molecule has 1 aliphatic carbocycles. The number of rotatable bonds is 6. The zero-order valence-corrected chi connectivity index (χ0v) is 16.6. The van der Waals surface area contributed by atoms with E-state index in [0.717, 1.165) is 12.8 Å². The Bertz CT molecular complexity index is 919. The number of nitrogens with one attached hydrogen (secondary N) is 2. The average Bonchev–Trinajstić information content (AvgIpc) is 3.36. The SMILES string of the molecule is O=C(NC1CC1)c1ccc(N2CCC(NC(=O)c3cccs3)CC2)c([N+](=O)[O-])c1. The van der Waals surface area contributed by atoms with Gasteiger partial charge in [-0.2, -0.15) is 0 Å². The van der Waals surface area contributed by atoms with Crippen molar-refractivity contribution in [3.05, 3.63) is 56.3 Å². The van der Waals surface area contributed by atoms with Gasteiger partial charge in [0.05, 0.1) is 9.80 Å². The molecule has 152 valence electrons. The molecule has 1 saturated heterocycles. The quantitative estimate of drug-likeness (QED) is 0.559. The molecule has 29 heavy (non-hydrogen) atoms. The van der Waals surface area contributed by atoms with Gasteiger partial charge in [-0.1, -0.05) is 6.07 Å². The Kier molecular flexibility index (Phi) is 5.48. The normalized spacial score (nSPS) is 17.0. The number of hydrogen-bond acceptors (Lipinski definition) is 6. The van der Waals surface area contributed by atoms with Crippen LogP contribution in [0, 0.1) is 10.1 Å². The molecule has 4 rings (SSSR count). The first-order chi connectivity index (χ1) is 14.0. The largest absolute Gasteiger partial charge is 0.366 e. The van der Waals surface area contributed by atoms with Crippen LogP contribution in [0.3, 0.4) is 0 Å². The number of piperidine rings is 1. The van der Waals surface area contributed by atoms with Gasteiger partial charge >= 0.3 is 0 Å². The number of benzene rings is 1. The van der Waals surface area contributed by atoms with Crippen LogP contribution < -0.4 is 15.5 Å². The molecule has 0 unspecified atom stereocenters. The predicted molar refractivity (Wildman–Crippen MR) is 111 cm³/mol. The Labute approximate surface area is 172 Å². The maximum Gasteiger partial charge on any atom is 0.293 e. The van der Waals surface area contributed by atoms with Crippen molar-refractivity contribution in [1.82, 2.24) is 10.6 Å². The Morgan fingerprint density at radius 2 is 1.72 bits per heavy atom. The van der Waals surface area contributed by atoms with Gasteiger partial charge in [0.25, 0.3) is 17.5 Å². The fraction of sp³-hybridized carbons (Fsp3) is 0.400. The number of nitro groups is 1. The van der Waals surface area contributed by atoms with E-state index in [0.29, 0.717) is 42.1 Å². The summed E-state index contributed by atoms with van der Waals surface area (Å²) in [6.07, 6.45) is 3.34. The molecule has 2 fully saturated rings. The van der Waals surface area contributed by atoms with E-state index < -0.39 is 4.92 Å². The summed E-state index contributed by atoms with van der Waals surface area (Å²) in [5.74, 6) is -0.340. The predicted octanol–water partition coefficient (Wildman–Crippen LogP) is 2.95. The molecule has 2 heterocycles. The van der Waals surface area contributed by atoms with Gasteiger partial charge in [0.1, 0.15) is 5.69 Å². The second-order valence-electron chi connectivity index (χ2n) is 7.42. The minimum absolute atomic E-state index is 0.0449. The topological polar surface area (TPSA) is 105 Å². The van der Waals surface area contributed by atoms with E-state index in [2.05, 4.69) is 10.6 Å². The van der Waals surface area contributed by atoms with Crippen molar-refractivity contribution in [3.63, 3.8) is 0 Å². The fourth-order valence-corrected chi connectivity index (χ4v) is 4.13. The van der Waals surface area contributed by atoms with Crippen molar-refractivity contribution >= 4 is 34.5 Å². The highest BCUT2D eigenvalue weighted by Crippen LogP contribution is 2.32. The van der Waals surface area contributed by atoms with Crippen molar-refractivity contribution < 1.29 is 14.5 Å². The van der Waals surface area contributed by atoms with Gasteiger partial charge in [0.15, 0.2) is 0 Å². The molecule has 2 aliphatic rings. The molecule has 0 atom stereocenters. The van der Waals surface area contributed by atoms with E-state index in [9.17, 15) is 19.7 Å². The van der Waals surface area contributed by atoms with E-state index in [1.54, 1.807) is 18.2 Å². The minimum atomic E-state index is -0.437. The molecule has 1 saturated carbocycles. The van der Waals surface area contributed by atoms with Gasteiger partial charge in [-0.05, 0) is 49.3 Å². The van der Waals surface area contributed by atoms with Gasteiger partial charge < -0.3 is 15.5 Å². The Balaban J connectivity index is 1.41. The van der Waals surface area contributed by atoms with Crippen molar-refractivity contribution in [2.24, 2.45) is 0 Å². The van der Waals surface area contributed by atoms with Crippen molar-refractivity contribution in [2.75, 3.05) is 18.0 Å². The van der Waals surface area contributed by atoms with Crippen LogP contribution in [0.15, 0.2) is 35.7 Å². The summed E-state index contributed by atoms with van der Waals surface area (Å²) in [6, 6.07) is 8.54. The highest BCUT2D eigenvalue weighted by Gasteiger charge is 2.28. The second-order valence-corrected chi connectivity index (χ2v) is 8.37. The highest BCUT2D eigenvalue weighted by atomic mass is 32.1. The summed E-state index contributed by atoms with van der Waals surface area (Å²) in [5.41, 5.74) is 0.765. The number of nitrogens with zero attached hydrogens (tertiary/aromatic N) is 2. The van der Waals surface area contributed by atoms with Crippen LogP contribution in [0.2, 0.25) is 0 Å². The lowest BCUT2D eigenvalue weighted by Gasteiger charge is -2.33. The zero-order valence-electron chi connectivity index (χ0n) is 15.8. The Morgan fingerprint density at radius 3 is 2.34 bits per heavy atom. The van der Waals surface area contributed by atoms with Crippen LogP contribution in [0.4, 0.5) is 11.4 Å². The molecule has 9 heteroatoms. The Morgan fingerprint density at radius 1 is 1.03 bits per heavy atom. The summed E-state index contributed by atoms with van der Waals surface area (Å²) in [5, 5.41) is 19.4. The van der Waals surface area contributed by atoms with Crippen LogP contribution in [0.25, 0.3) is 0 Å². The molecular weight excluding hydrogens is 392 g/mol. The maximum absolute atomic E-state index is 12.2. The molecule has 2 N–H and O–H groups in total. The summed E-state index contributed by atoms with van der Waals surface area (Å²) in [4.78, 5) is 38.2. The number of hydrogen-bond donors (Lipinski definition) is 2. The molecule has 1 aromatic heterocycles. The van der Waals surface area contributed by atoms with Crippen LogP contribution in [0.5, 0.6) is 0 Å². The van der Waals surface area contributed by atoms with Crippen LogP contribution in [-0.2, 0) is 0 Å². The molecule has 0 bridgehead atoms. The Hall–Kier alpha value is -2.94. The van der Waals surface area contributed by atoms with Gasteiger partial charge in [-0.3, -0.25) is 19.7 Å². The molecule has 2 amide bonds. The number of carbonyl (C=O) groups excluding carboxylic acids is 2. The molecule has 1 aromatic carbocycles. The summed E-state index contributed by atoms with van der Waals surface area (Å²) >= 11 is 1.40. The summed E-state index contributed by atoms with van der Waals surface area (Å²) in [7, 11) is 0. The first-order valence-electron chi connectivity index (χ1n) is 9.70. The van der Waals surface area contributed by atoms with Crippen LogP contribution in [-0.4, -0.2) is 41.9 Å². The first-order valence-corrected chi connectivity index (χ1v) is 10.6. The fourth-order valence-electron chi connectivity index (χ4n) is 3.50. The molecular formula is C20H22N4O4S. The smallest absolute Gasteiger partial charge is 0.293 e. The molecule has 8 nitrogen and oxygen atoms in total. The van der Waals surface area contributed by atoms with E-state index in [1.165, 1.54) is 17.4 Å². The highest BCUT2D eigenvalue weighted by molar-refractivity contribution is 7.12. The van der Waals surface area contributed by atoms with E-state index in [-0.39, 0.29) is 29.6 Å². The van der Waals surface area contributed by atoms with Crippen LogP contribution in [0.1, 0.15) is 45.7 Å². The van der Waals surface area contributed by atoms with Crippen molar-refractivity contribution in [3.8, 4) is 0 Å². The average molecular weight is 414 g/mol. The van der Waals surface area contributed by atoms with Gasteiger partial charge in [-0.15, -0.1) is 11.3 Å². The monoisotopic (exact) mass is 414 g/mol.